The highest BCUT2D eigenvalue weighted by Crippen LogP contribution is 2.33. The lowest BCUT2D eigenvalue weighted by molar-refractivity contribution is -0.114. The third kappa shape index (κ3) is 6.90. The predicted octanol–water partition coefficient (Wildman–Crippen LogP) is 2.24. The Morgan fingerprint density at radius 2 is 1.76 bits per heavy atom. The lowest BCUT2D eigenvalue weighted by Crippen LogP contribution is -2.15. The van der Waals surface area contributed by atoms with Crippen molar-refractivity contribution in [1.82, 2.24) is 0 Å². The minimum atomic E-state index is -4.71. The number of nitrogens with one attached hydrogen (secondary N) is 1. The van der Waals surface area contributed by atoms with E-state index in [0.717, 1.165) is 0 Å². The zero-order valence-corrected chi connectivity index (χ0v) is 16.8. The summed E-state index contributed by atoms with van der Waals surface area (Å²) in [6.45, 7) is 0.617. The summed E-state index contributed by atoms with van der Waals surface area (Å²) < 4.78 is 57.7. The number of hydrogen-bond donors (Lipinski definition) is 3. The van der Waals surface area contributed by atoms with Crippen molar-refractivity contribution < 1.29 is 30.4 Å². The average Bonchev–Trinajstić information content (AvgIpc) is 2.60. The Hall–Kier alpha value is -2.87. The van der Waals surface area contributed by atoms with Crippen LogP contribution in [0, 0.1) is 0 Å². The number of nitrogen functional groups attached to an aromatic ring is 1. The summed E-state index contributed by atoms with van der Waals surface area (Å²) in [5.41, 5.74) is 7.09. The molecule has 0 atom stereocenters. The molecule has 0 aromatic heterocycles. The third-order valence-electron chi connectivity index (χ3n) is 3.42. The number of carbonyl (C=O) groups is 1. The molecule has 0 heterocycles. The smallest absolute Gasteiger partial charge is 0.397 e. The van der Waals surface area contributed by atoms with Crippen LogP contribution in [-0.4, -0.2) is 39.7 Å². The average molecular weight is 442 g/mol. The molecule has 4 N–H and O–H groups in total. The van der Waals surface area contributed by atoms with Gasteiger partial charge >= 0.3 is 10.4 Å². The Bertz CT molecular complexity index is 1130. The lowest BCUT2D eigenvalue weighted by Gasteiger charge is -2.07. The van der Waals surface area contributed by atoms with E-state index >= 15 is 0 Å². The van der Waals surface area contributed by atoms with Gasteiger partial charge in [-0.05, 0) is 36.4 Å². The van der Waals surface area contributed by atoms with Gasteiger partial charge < -0.3 is 11.1 Å². The number of hydrogen-bond acceptors (Lipinski definition) is 9. The van der Waals surface area contributed by atoms with Crippen LogP contribution < -0.4 is 11.1 Å². The van der Waals surface area contributed by atoms with Gasteiger partial charge in [0, 0.05) is 6.92 Å². The van der Waals surface area contributed by atoms with E-state index in [1.807, 2.05) is 0 Å². The summed E-state index contributed by atoms with van der Waals surface area (Å²) in [5.74, 6) is -0.951. The molecule has 0 spiro atoms. The van der Waals surface area contributed by atoms with Gasteiger partial charge in [0.15, 0.2) is 9.84 Å². The van der Waals surface area contributed by atoms with Crippen molar-refractivity contribution in [3.05, 3.63) is 42.5 Å². The molecule has 0 fully saturated rings. The van der Waals surface area contributed by atoms with Crippen molar-refractivity contribution in [2.45, 2.75) is 11.8 Å². The van der Waals surface area contributed by atoms with Crippen LogP contribution in [-0.2, 0) is 29.2 Å². The van der Waals surface area contributed by atoms with Crippen LogP contribution in [0.5, 0.6) is 0 Å². The second-order valence-electron chi connectivity index (χ2n) is 5.69. The van der Waals surface area contributed by atoms with Crippen molar-refractivity contribution in [2.24, 2.45) is 10.2 Å². The molecule has 2 aromatic carbocycles. The van der Waals surface area contributed by atoms with Crippen molar-refractivity contribution >= 4 is 48.9 Å². The van der Waals surface area contributed by atoms with Crippen LogP contribution in [0.3, 0.4) is 0 Å². The zero-order valence-electron chi connectivity index (χ0n) is 15.1. The molecule has 0 radical (unpaired) electrons. The molecule has 1 amide bonds. The first-order valence-corrected chi connectivity index (χ1v) is 11.0. The lowest BCUT2D eigenvalue weighted by atomic mass is 10.2. The minimum absolute atomic E-state index is 0.0893. The minimum Gasteiger partial charge on any atom is -0.397 e. The van der Waals surface area contributed by atoms with Gasteiger partial charge in [-0.2, -0.15) is 13.5 Å². The quantitative estimate of drug-likeness (QED) is 0.316. The Kier molecular flexibility index (Phi) is 7.02. The molecule has 11 nitrogen and oxygen atoms in total. The van der Waals surface area contributed by atoms with Crippen molar-refractivity contribution in [1.29, 1.82) is 0 Å². The van der Waals surface area contributed by atoms with Gasteiger partial charge in [0.1, 0.15) is 5.69 Å². The molecule has 29 heavy (non-hydrogen) atoms. The molecular weight excluding hydrogens is 424 g/mol. The number of sulfone groups is 1. The topological polar surface area (TPSA) is 178 Å². The first-order valence-electron chi connectivity index (χ1n) is 8.00. The fraction of sp³-hybridized carbons (Fsp3) is 0.188. The third-order valence-corrected chi connectivity index (χ3v) is 5.58. The van der Waals surface area contributed by atoms with Gasteiger partial charge in [-0.15, -0.1) is 5.11 Å². The van der Waals surface area contributed by atoms with Gasteiger partial charge in [-0.1, -0.05) is 6.07 Å². The second-order valence-corrected chi connectivity index (χ2v) is 8.89. The van der Waals surface area contributed by atoms with Crippen LogP contribution in [0.2, 0.25) is 0 Å². The number of amides is 1. The standard InChI is InChI=1S/C16H18N4O7S2/c1-11(21)18-15-4-2-3-14(17)16(15)20-19-12-5-7-13(8-6-12)28(22,23)10-9-27-29(24,25)26/h2-8H,9-10,17H2,1H3,(H,18,21)(H,24,25,26). The molecule has 2 aromatic rings. The van der Waals surface area contributed by atoms with Gasteiger partial charge in [0.25, 0.3) is 0 Å². The molecule has 0 saturated carbocycles. The van der Waals surface area contributed by atoms with Crippen molar-refractivity contribution in [3.63, 3.8) is 0 Å². The summed E-state index contributed by atoms with van der Waals surface area (Å²) in [7, 11) is -8.55. The number of azo groups is 1. The van der Waals surface area contributed by atoms with E-state index in [4.69, 9.17) is 10.3 Å². The van der Waals surface area contributed by atoms with E-state index in [2.05, 4.69) is 19.7 Å². The summed E-state index contributed by atoms with van der Waals surface area (Å²) in [6, 6.07) is 10.1. The van der Waals surface area contributed by atoms with E-state index < -0.39 is 32.6 Å². The fourth-order valence-corrected chi connectivity index (χ4v) is 3.65. The molecule has 13 heteroatoms. The maximum Gasteiger partial charge on any atom is 0.397 e. The van der Waals surface area contributed by atoms with Crippen molar-refractivity contribution in [2.75, 3.05) is 23.4 Å². The number of benzene rings is 2. The molecular formula is C16H18N4O7S2. The molecule has 0 saturated heterocycles. The predicted molar refractivity (Wildman–Crippen MR) is 105 cm³/mol. The highest BCUT2D eigenvalue weighted by Gasteiger charge is 2.16. The molecule has 0 aliphatic rings. The zero-order chi connectivity index (χ0) is 21.7. The molecule has 0 bridgehead atoms. The van der Waals surface area contributed by atoms with Crippen LogP contribution in [0.25, 0.3) is 0 Å². The number of nitrogens with two attached hydrogens (primary N) is 1. The summed E-state index contributed by atoms with van der Waals surface area (Å²) in [5, 5.41) is 10.6. The van der Waals surface area contributed by atoms with E-state index in [1.165, 1.54) is 31.2 Å². The second kappa shape index (κ2) is 9.09. The highest BCUT2D eigenvalue weighted by atomic mass is 32.3. The van der Waals surface area contributed by atoms with E-state index in [0.29, 0.717) is 11.4 Å². The molecule has 156 valence electrons. The summed E-state index contributed by atoms with van der Waals surface area (Å²) in [4.78, 5) is 11.2. The normalized spacial score (nSPS) is 12.2. The maximum atomic E-state index is 12.1. The maximum absolute atomic E-state index is 12.1. The Labute approximate surface area is 167 Å². The van der Waals surface area contributed by atoms with Gasteiger partial charge in [-0.3, -0.25) is 9.35 Å². The van der Waals surface area contributed by atoms with Crippen LogP contribution in [0.1, 0.15) is 6.92 Å². The van der Waals surface area contributed by atoms with Crippen LogP contribution in [0.4, 0.5) is 22.7 Å². The Balaban J connectivity index is 2.16. The molecule has 0 aliphatic heterocycles. The Morgan fingerprint density at radius 1 is 1.10 bits per heavy atom. The highest BCUT2D eigenvalue weighted by molar-refractivity contribution is 7.91. The monoisotopic (exact) mass is 442 g/mol. The van der Waals surface area contributed by atoms with Gasteiger partial charge in [0.05, 0.1) is 34.3 Å². The van der Waals surface area contributed by atoms with Gasteiger partial charge in [0.2, 0.25) is 5.91 Å². The number of nitrogens with zero attached hydrogens (tertiary/aromatic N) is 2. The van der Waals surface area contributed by atoms with E-state index in [-0.39, 0.29) is 22.2 Å². The van der Waals surface area contributed by atoms with Gasteiger partial charge in [-0.25, -0.2) is 12.6 Å². The summed E-state index contributed by atoms with van der Waals surface area (Å²) >= 11 is 0. The van der Waals surface area contributed by atoms with Crippen molar-refractivity contribution in [3.8, 4) is 0 Å². The SMILES string of the molecule is CC(=O)Nc1cccc(N)c1N=Nc1ccc(S(=O)(=O)CCOS(=O)(=O)O)cc1. The molecule has 0 unspecified atom stereocenters. The van der Waals surface area contributed by atoms with E-state index in [9.17, 15) is 21.6 Å². The fourth-order valence-electron chi connectivity index (χ4n) is 2.16. The summed E-state index contributed by atoms with van der Waals surface area (Å²) in [6.07, 6.45) is 0. The first-order chi connectivity index (χ1) is 13.5. The van der Waals surface area contributed by atoms with Crippen LogP contribution in [0.15, 0.2) is 57.6 Å². The van der Waals surface area contributed by atoms with Crippen LogP contribution >= 0.6 is 0 Å². The number of anilines is 2. The first kappa shape index (κ1) is 22.4. The molecule has 2 rings (SSSR count). The number of carbonyl (C=O) groups excluding carboxylic acids is 1. The Morgan fingerprint density at radius 3 is 2.34 bits per heavy atom. The van der Waals surface area contributed by atoms with E-state index in [1.54, 1.807) is 18.2 Å². The molecule has 0 aliphatic carbocycles. The largest absolute Gasteiger partial charge is 0.397 e. The number of rotatable bonds is 8.